The van der Waals surface area contributed by atoms with Crippen LogP contribution in [0.15, 0.2) is 64.9 Å². The normalized spacial score (nSPS) is 10.2. The SMILES string of the molecule is Nc1[nH]c(=O)ncc1F.Nc1nc2nc[nH]c2c(=O)[nH]1.O=c1[nH]c(=O)c2[nH]cnc2[nH]1.O=c1[nH]c(=S)c2[nH]cnc2[nH]1.O=c1[nH]cc(F)c(=O)[nH]1. The van der Waals surface area contributed by atoms with E-state index in [0.29, 0.717) is 33.2 Å². The quantitative estimate of drug-likeness (QED) is 0.0699. The Bertz CT molecular complexity index is 2830. The van der Waals surface area contributed by atoms with E-state index in [4.69, 9.17) is 23.7 Å². The number of H-pyrrole nitrogens is 11. The summed E-state index contributed by atoms with van der Waals surface area (Å²) in [5.74, 6) is -1.91. The second-order valence-corrected chi connectivity index (χ2v) is 9.40. The number of halogens is 2. The summed E-state index contributed by atoms with van der Waals surface area (Å²) in [6.07, 6.45) is 5.70. The van der Waals surface area contributed by atoms with Gasteiger partial charge in [0.2, 0.25) is 11.8 Å². The molecule has 264 valence electrons. The van der Waals surface area contributed by atoms with Crippen LogP contribution in [0.25, 0.3) is 33.5 Å². The fourth-order valence-corrected chi connectivity index (χ4v) is 3.63. The average Bonchev–Trinajstić information content (AvgIpc) is 3.84. The molecule has 28 heteroatoms. The lowest BCUT2D eigenvalue weighted by molar-refractivity contribution is 0.597. The van der Waals surface area contributed by atoms with Gasteiger partial charge in [-0.1, -0.05) is 12.2 Å². The second-order valence-electron chi connectivity index (χ2n) is 8.99. The van der Waals surface area contributed by atoms with E-state index in [-0.39, 0.29) is 34.2 Å². The third kappa shape index (κ3) is 9.57. The molecule has 8 heterocycles. The maximum atomic E-state index is 12.1. The molecule has 8 aromatic heterocycles. The minimum absolute atomic E-state index is 0.0783. The molecule has 8 rings (SSSR count). The van der Waals surface area contributed by atoms with Crippen molar-refractivity contribution < 1.29 is 8.78 Å². The fraction of sp³-hybridized carbons (Fsp3) is 0. The minimum atomic E-state index is -1.00. The monoisotopic (exact) mass is 730 g/mol. The van der Waals surface area contributed by atoms with Crippen LogP contribution in [-0.2, 0) is 0 Å². The highest BCUT2D eigenvalue weighted by Gasteiger charge is 2.02. The summed E-state index contributed by atoms with van der Waals surface area (Å²) < 4.78 is 24.5. The zero-order valence-electron chi connectivity index (χ0n) is 24.8. The van der Waals surface area contributed by atoms with Crippen molar-refractivity contribution in [1.82, 2.24) is 79.7 Å². The van der Waals surface area contributed by atoms with Gasteiger partial charge in [-0.05, 0) is 0 Å². The molecule has 15 N–H and O–H groups in total. The van der Waals surface area contributed by atoms with Crippen molar-refractivity contribution in [3.05, 3.63) is 121 Å². The number of aromatic nitrogens is 16. The smallest absolute Gasteiger partial charge is 0.346 e. The highest BCUT2D eigenvalue weighted by Crippen LogP contribution is 2.01. The molecule has 0 aliphatic rings. The van der Waals surface area contributed by atoms with Crippen LogP contribution in [0.1, 0.15) is 0 Å². The molecule has 0 unspecified atom stereocenters. The van der Waals surface area contributed by atoms with Crippen LogP contribution < -0.4 is 50.9 Å². The number of nitrogen functional groups attached to an aromatic ring is 2. The van der Waals surface area contributed by atoms with E-state index in [1.807, 2.05) is 9.97 Å². The lowest BCUT2D eigenvalue weighted by Gasteiger charge is -1.89. The molecule has 25 nitrogen and oxygen atoms in total. The lowest BCUT2D eigenvalue weighted by atomic mass is 10.5. The third-order valence-electron chi connectivity index (χ3n) is 5.53. The number of aromatic amines is 11. The van der Waals surface area contributed by atoms with E-state index in [0.717, 1.165) is 6.20 Å². The Labute approximate surface area is 278 Å². The topological polar surface area (TPSA) is 410 Å². The fourth-order valence-electron chi connectivity index (χ4n) is 3.38. The number of anilines is 2. The van der Waals surface area contributed by atoms with Crippen molar-refractivity contribution in [3.8, 4) is 0 Å². The van der Waals surface area contributed by atoms with Crippen LogP contribution in [0, 0.1) is 16.3 Å². The molecular formula is C23H20F2N18O7S. The number of hydrogen-bond acceptors (Lipinski definition) is 15. The molecule has 0 saturated carbocycles. The summed E-state index contributed by atoms with van der Waals surface area (Å²) in [6.45, 7) is 0. The van der Waals surface area contributed by atoms with Crippen molar-refractivity contribution in [2.75, 3.05) is 11.5 Å². The van der Waals surface area contributed by atoms with Crippen LogP contribution in [0.3, 0.4) is 0 Å². The van der Waals surface area contributed by atoms with E-state index in [1.54, 1.807) is 4.98 Å². The Kier molecular flexibility index (Phi) is 11.1. The van der Waals surface area contributed by atoms with Crippen LogP contribution in [0.4, 0.5) is 20.5 Å². The Morgan fingerprint density at radius 2 is 1.14 bits per heavy atom. The Morgan fingerprint density at radius 1 is 0.569 bits per heavy atom. The average molecular weight is 731 g/mol. The molecule has 0 saturated heterocycles. The van der Waals surface area contributed by atoms with Crippen molar-refractivity contribution in [3.63, 3.8) is 0 Å². The standard InChI is InChI=1S/C5H5N5O.C5H4N4O2.C5H4N4OS.C4H4FN3O.C4H3FN2O2/c6-5-9-3-2(4(11)10-5)7-1-8-3;10-4-2-3(7-1-6-2)8-5(11)9-4;10-5-8-3-2(4(11)9-5)6-1-7-3;5-2-1-7-4(9)8-3(2)6;5-2-1-6-4(9)7-3(2)8/h1H,(H4,6,7,8,9,10,11);2*1H,(H3,6,7,8,9,10,11);1H,(H3,6,7,8,9);1H,(H2,6,7,8,9). The summed E-state index contributed by atoms with van der Waals surface area (Å²) in [6, 6.07) is 0. The van der Waals surface area contributed by atoms with Gasteiger partial charge in [0, 0.05) is 6.20 Å². The summed E-state index contributed by atoms with van der Waals surface area (Å²) in [5.41, 5.74) is 8.60. The summed E-state index contributed by atoms with van der Waals surface area (Å²) in [7, 11) is 0. The van der Waals surface area contributed by atoms with Gasteiger partial charge in [0.05, 0.1) is 25.2 Å². The van der Waals surface area contributed by atoms with Crippen molar-refractivity contribution in [2.24, 2.45) is 0 Å². The maximum absolute atomic E-state index is 12.1. The van der Waals surface area contributed by atoms with Crippen LogP contribution >= 0.6 is 12.2 Å². The number of nitrogens with zero attached hydrogens (tertiary/aromatic N) is 5. The molecule has 0 atom stereocenters. The first-order valence-corrected chi connectivity index (χ1v) is 13.6. The van der Waals surface area contributed by atoms with Gasteiger partial charge in [0.15, 0.2) is 28.3 Å². The molecule has 51 heavy (non-hydrogen) atoms. The van der Waals surface area contributed by atoms with Crippen molar-refractivity contribution in [2.45, 2.75) is 0 Å². The first-order chi connectivity index (χ1) is 24.2. The van der Waals surface area contributed by atoms with Crippen LogP contribution in [0.2, 0.25) is 0 Å². The zero-order valence-corrected chi connectivity index (χ0v) is 25.6. The molecule has 0 amide bonds. The highest BCUT2D eigenvalue weighted by molar-refractivity contribution is 7.71. The van der Waals surface area contributed by atoms with Gasteiger partial charge < -0.3 is 31.4 Å². The molecule has 0 spiro atoms. The van der Waals surface area contributed by atoms with Crippen molar-refractivity contribution >= 4 is 57.5 Å². The summed E-state index contributed by atoms with van der Waals surface area (Å²) in [5, 5.41) is 0. The molecule has 0 aliphatic carbocycles. The van der Waals surface area contributed by atoms with Gasteiger partial charge in [-0.15, -0.1) is 0 Å². The summed E-state index contributed by atoms with van der Waals surface area (Å²) >= 11 is 4.85. The molecule has 8 aromatic rings. The largest absolute Gasteiger partial charge is 0.383 e. The van der Waals surface area contributed by atoms with Crippen LogP contribution in [-0.4, -0.2) is 79.7 Å². The predicted octanol–water partition coefficient (Wildman–Crippen LogP) is -2.83. The number of nitrogens with one attached hydrogen (secondary N) is 11. The highest BCUT2D eigenvalue weighted by atomic mass is 32.1. The number of hydrogen-bond donors (Lipinski definition) is 13. The third-order valence-corrected chi connectivity index (χ3v) is 5.84. The van der Waals surface area contributed by atoms with Crippen LogP contribution in [0.5, 0.6) is 0 Å². The number of fused-ring (bicyclic) bond motifs is 3. The van der Waals surface area contributed by atoms with E-state index in [1.165, 1.54) is 19.0 Å². The summed E-state index contributed by atoms with van der Waals surface area (Å²) in [4.78, 5) is 117. The number of imidazole rings is 3. The number of nitrogens with two attached hydrogens (primary N) is 2. The molecule has 0 radical (unpaired) electrons. The first kappa shape index (κ1) is 35.9. The Morgan fingerprint density at radius 3 is 1.76 bits per heavy atom. The van der Waals surface area contributed by atoms with E-state index in [2.05, 4.69) is 64.8 Å². The molecule has 0 bridgehead atoms. The Hall–Kier alpha value is -7.91. The lowest BCUT2D eigenvalue weighted by Crippen LogP contribution is -2.23. The van der Waals surface area contributed by atoms with E-state index < -0.39 is 39.8 Å². The van der Waals surface area contributed by atoms with Gasteiger partial charge >= 0.3 is 22.8 Å². The molecule has 0 fully saturated rings. The molecule has 0 aliphatic heterocycles. The van der Waals surface area contributed by atoms with E-state index >= 15 is 0 Å². The minimum Gasteiger partial charge on any atom is -0.383 e. The molecular weight excluding hydrogens is 710 g/mol. The number of rotatable bonds is 0. The zero-order chi connectivity index (χ0) is 37.2. The van der Waals surface area contributed by atoms with Gasteiger partial charge in [-0.25, -0.2) is 38.5 Å². The Balaban J connectivity index is 0.000000143. The van der Waals surface area contributed by atoms with Gasteiger partial charge in [-0.3, -0.25) is 49.3 Å². The predicted molar refractivity (Wildman–Crippen MR) is 175 cm³/mol. The first-order valence-electron chi connectivity index (χ1n) is 13.2. The van der Waals surface area contributed by atoms with Gasteiger partial charge in [0.1, 0.15) is 21.5 Å². The van der Waals surface area contributed by atoms with Gasteiger partial charge in [-0.2, -0.15) is 14.4 Å². The maximum Gasteiger partial charge on any atom is 0.346 e. The van der Waals surface area contributed by atoms with Gasteiger partial charge in [0.25, 0.3) is 16.7 Å². The molecule has 0 aromatic carbocycles. The van der Waals surface area contributed by atoms with E-state index in [9.17, 15) is 42.3 Å². The van der Waals surface area contributed by atoms with Crippen molar-refractivity contribution in [1.29, 1.82) is 0 Å². The second kappa shape index (κ2) is 15.8.